The number of rotatable bonds is 3. The molecule has 2 heterocycles. The number of nitrogens with one attached hydrogen (secondary N) is 1. The number of aryl methyl sites for hydroxylation is 2. The van der Waals surface area contributed by atoms with E-state index in [1.165, 1.54) is 16.7 Å². The van der Waals surface area contributed by atoms with Crippen molar-refractivity contribution in [2.75, 3.05) is 7.05 Å². The minimum Gasteiger partial charge on any atom is -0.438 e. The molecule has 0 aliphatic rings. The maximum atomic E-state index is 5.70. The number of hydrogen-bond acceptors (Lipinski definition) is 4. The number of fused-ring (bicyclic) bond motifs is 1. The van der Waals surface area contributed by atoms with E-state index < -0.39 is 0 Å². The Hall–Kier alpha value is -2.20. The second kappa shape index (κ2) is 5.06. The summed E-state index contributed by atoms with van der Waals surface area (Å²) >= 11 is 0. The number of aromatic nitrogens is 2. The average Bonchev–Trinajstić information content (AvgIpc) is 2.83. The van der Waals surface area contributed by atoms with Crippen molar-refractivity contribution in [1.82, 2.24) is 15.3 Å². The molecule has 0 fully saturated rings. The fourth-order valence-electron chi connectivity index (χ4n) is 2.29. The normalized spacial score (nSPS) is 11.2. The van der Waals surface area contributed by atoms with Crippen molar-refractivity contribution < 1.29 is 4.42 Å². The van der Waals surface area contributed by atoms with Gasteiger partial charge in [0.1, 0.15) is 0 Å². The maximum absolute atomic E-state index is 5.70. The molecule has 4 nitrogen and oxygen atoms in total. The van der Waals surface area contributed by atoms with Gasteiger partial charge < -0.3 is 9.73 Å². The van der Waals surface area contributed by atoms with Gasteiger partial charge in [-0.1, -0.05) is 23.8 Å². The summed E-state index contributed by atoms with van der Waals surface area (Å²) in [6.45, 7) is 4.80. The molecule has 2 aromatic heterocycles. The number of oxazole rings is 1. The molecule has 4 heteroatoms. The Labute approximate surface area is 117 Å². The van der Waals surface area contributed by atoms with Crippen LogP contribution in [0, 0.1) is 13.8 Å². The van der Waals surface area contributed by atoms with E-state index in [0.29, 0.717) is 18.1 Å². The molecule has 3 aromatic rings. The van der Waals surface area contributed by atoms with Crippen LogP contribution in [0.1, 0.15) is 17.0 Å². The molecule has 1 N–H and O–H groups in total. The van der Waals surface area contributed by atoms with Crippen LogP contribution in [0.2, 0.25) is 0 Å². The van der Waals surface area contributed by atoms with Crippen LogP contribution in [0.25, 0.3) is 22.4 Å². The maximum Gasteiger partial charge on any atom is 0.211 e. The molecule has 1 aromatic carbocycles. The highest BCUT2D eigenvalue weighted by Gasteiger charge is 2.09. The summed E-state index contributed by atoms with van der Waals surface area (Å²) in [6.07, 6.45) is 1.86. The van der Waals surface area contributed by atoms with E-state index >= 15 is 0 Å². The second-order valence-corrected chi connectivity index (χ2v) is 5.00. The van der Waals surface area contributed by atoms with Crippen LogP contribution in [-0.2, 0) is 6.54 Å². The van der Waals surface area contributed by atoms with Gasteiger partial charge in [-0.15, -0.1) is 0 Å². The molecule has 0 aliphatic carbocycles. The van der Waals surface area contributed by atoms with Gasteiger partial charge in [-0.3, -0.25) is 0 Å². The SMILES string of the molecule is CNCc1nc2ncc(-c3cc(C)ccc3C)cc2o1. The first-order valence-corrected chi connectivity index (χ1v) is 6.65. The summed E-state index contributed by atoms with van der Waals surface area (Å²) < 4.78 is 5.70. The van der Waals surface area contributed by atoms with Crippen LogP contribution in [0.3, 0.4) is 0 Å². The first-order chi connectivity index (χ1) is 9.67. The lowest BCUT2D eigenvalue weighted by Gasteiger charge is -2.06. The highest BCUT2D eigenvalue weighted by molar-refractivity contribution is 5.77. The topological polar surface area (TPSA) is 51.0 Å². The number of hydrogen-bond donors (Lipinski definition) is 1. The third-order valence-corrected chi connectivity index (χ3v) is 3.32. The van der Waals surface area contributed by atoms with Crippen molar-refractivity contribution in [2.24, 2.45) is 0 Å². The summed E-state index contributed by atoms with van der Waals surface area (Å²) in [4.78, 5) is 8.74. The Morgan fingerprint density at radius 3 is 2.85 bits per heavy atom. The van der Waals surface area contributed by atoms with E-state index in [1.54, 1.807) is 0 Å². The van der Waals surface area contributed by atoms with E-state index in [2.05, 4.69) is 47.3 Å². The molecule has 0 saturated heterocycles. The standard InChI is InChI=1S/C16H17N3O/c1-10-4-5-11(2)13(6-10)12-7-14-16(18-8-12)19-15(20-14)9-17-3/h4-8,17H,9H2,1-3H3. The highest BCUT2D eigenvalue weighted by atomic mass is 16.3. The summed E-state index contributed by atoms with van der Waals surface area (Å²) in [5.41, 5.74) is 6.10. The highest BCUT2D eigenvalue weighted by Crippen LogP contribution is 2.26. The third-order valence-electron chi connectivity index (χ3n) is 3.32. The molecule has 0 radical (unpaired) electrons. The molecule has 0 aliphatic heterocycles. The quantitative estimate of drug-likeness (QED) is 0.791. The van der Waals surface area contributed by atoms with Gasteiger partial charge in [0.2, 0.25) is 5.89 Å². The molecule has 0 saturated carbocycles. The Kier molecular flexibility index (Phi) is 3.24. The van der Waals surface area contributed by atoms with Crippen molar-refractivity contribution in [3.05, 3.63) is 47.5 Å². The largest absolute Gasteiger partial charge is 0.438 e. The molecule has 0 amide bonds. The van der Waals surface area contributed by atoms with Crippen LogP contribution in [0.4, 0.5) is 0 Å². The van der Waals surface area contributed by atoms with E-state index in [0.717, 1.165) is 11.1 Å². The van der Waals surface area contributed by atoms with Gasteiger partial charge >= 0.3 is 0 Å². The lowest BCUT2D eigenvalue weighted by molar-refractivity contribution is 0.511. The van der Waals surface area contributed by atoms with E-state index in [1.807, 2.05) is 19.3 Å². The fourth-order valence-corrected chi connectivity index (χ4v) is 2.29. The predicted octanol–water partition coefficient (Wildman–Crippen LogP) is 3.23. The van der Waals surface area contributed by atoms with Crippen molar-refractivity contribution in [2.45, 2.75) is 20.4 Å². The average molecular weight is 267 g/mol. The second-order valence-electron chi connectivity index (χ2n) is 5.00. The molecule has 3 rings (SSSR count). The molecule has 102 valence electrons. The first kappa shape index (κ1) is 12.8. The van der Waals surface area contributed by atoms with Crippen LogP contribution < -0.4 is 5.32 Å². The van der Waals surface area contributed by atoms with Crippen molar-refractivity contribution in [3.8, 4) is 11.1 Å². The Bertz CT molecular complexity index is 762. The van der Waals surface area contributed by atoms with Crippen molar-refractivity contribution in [1.29, 1.82) is 0 Å². The predicted molar refractivity (Wildman–Crippen MR) is 79.5 cm³/mol. The number of benzene rings is 1. The number of pyridine rings is 1. The van der Waals surface area contributed by atoms with Crippen LogP contribution in [0.5, 0.6) is 0 Å². The molecule has 20 heavy (non-hydrogen) atoms. The van der Waals surface area contributed by atoms with Gasteiger partial charge in [0.15, 0.2) is 11.2 Å². The van der Waals surface area contributed by atoms with Crippen LogP contribution in [-0.4, -0.2) is 17.0 Å². The summed E-state index contributed by atoms with van der Waals surface area (Å²) in [5, 5.41) is 3.02. The Balaban J connectivity index is 2.10. The van der Waals surface area contributed by atoms with E-state index in [-0.39, 0.29) is 0 Å². The van der Waals surface area contributed by atoms with Gasteiger partial charge in [0, 0.05) is 11.8 Å². The fraction of sp³-hybridized carbons (Fsp3) is 0.250. The molecule has 0 bridgehead atoms. The third kappa shape index (κ3) is 2.30. The zero-order valence-corrected chi connectivity index (χ0v) is 11.9. The molecule has 0 unspecified atom stereocenters. The zero-order chi connectivity index (χ0) is 14.1. The van der Waals surface area contributed by atoms with Gasteiger partial charge in [0.25, 0.3) is 0 Å². The Morgan fingerprint density at radius 2 is 2.05 bits per heavy atom. The smallest absolute Gasteiger partial charge is 0.211 e. The zero-order valence-electron chi connectivity index (χ0n) is 11.9. The minimum absolute atomic E-state index is 0.606. The van der Waals surface area contributed by atoms with E-state index in [4.69, 9.17) is 4.42 Å². The van der Waals surface area contributed by atoms with Gasteiger partial charge in [-0.05, 0) is 38.1 Å². The van der Waals surface area contributed by atoms with Crippen LogP contribution in [0.15, 0.2) is 34.9 Å². The van der Waals surface area contributed by atoms with Gasteiger partial charge in [-0.2, -0.15) is 4.98 Å². The minimum atomic E-state index is 0.606. The molecule has 0 spiro atoms. The molecule has 0 atom stereocenters. The lowest BCUT2D eigenvalue weighted by atomic mass is 10.00. The lowest BCUT2D eigenvalue weighted by Crippen LogP contribution is -2.04. The summed E-state index contributed by atoms with van der Waals surface area (Å²) in [7, 11) is 1.86. The first-order valence-electron chi connectivity index (χ1n) is 6.65. The van der Waals surface area contributed by atoms with Crippen molar-refractivity contribution >= 4 is 11.2 Å². The summed E-state index contributed by atoms with van der Waals surface area (Å²) in [6, 6.07) is 8.42. The molecular weight excluding hydrogens is 250 g/mol. The van der Waals surface area contributed by atoms with Crippen LogP contribution >= 0.6 is 0 Å². The van der Waals surface area contributed by atoms with E-state index in [9.17, 15) is 0 Å². The Morgan fingerprint density at radius 1 is 1.20 bits per heavy atom. The monoisotopic (exact) mass is 267 g/mol. The van der Waals surface area contributed by atoms with Crippen molar-refractivity contribution in [3.63, 3.8) is 0 Å². The van der Waals surface area contributed by atoms with Gasteiger partial charge in [0.05, 0.1) is 6.54 Å². The molecular formula is C16H17N3O. The number of nitrogens with zero attached hydrogens (tertiary/aromatic N) is 2. The summed E-state index contributed by atoms with van der Waals surface area (Å²) in [5.74, 6) is 0.660. The van der Waals surface area contributed by atoms with Gasteiger partial charge in [-0.25, -0.2) is 4.98 Å².